The highest BCUT2D eigenvalue weighted by molar-refractivity contribution is 9.10. The molecule has 25 heavy (non-hydrogen) atoms. The molecule has 0 aromatic heterocycles. The van der Waals surface area contributed by atoms with E-state index in [0.717, 1.165) is 23.0 Å². The number of piperidine rings is 1. The van der Waals surface area contributed by atoms with Crippen LogP contribution >= 0.6 is 15.9 Å². The van der Waals surface area contributed by atoms with Crippen LogP contribution in [0.2, 0.25) is 0 Å². The van der Waals surface area contributed by atoms with Crippen LogP contribution in [0.4, 0.5) is 10.5 Å². The van der Waals surface area contributed by atoms with Crippen LogP contribution in [-0.4, -0.2) is 48.2 Å². The molecule has 0 bridgehead atoms. The van der Waals surface area contributed by atoms with Crippen molar-refractivity contribution < 1.29 is 19.1 Å². The molecule has 136 valence electrons. The molecule has 6 nitrogen and oxygen atoms in total. The second-order valence-corrected chi connectivity index (χ2v) is 8.19. The van der Waals surface area contributed by atoms with Gasteiger partial charge in [-0.1, -0.05) is 6.07 Å². The van der Waals surface area contributed by atoms with E-state index in [1.54, 1.807) is 4.90 Å². The number of ether oxygens (including phenoxy) is 2. The summed E-state index contributed by atoms with van der Waals surface area (Å²) in [5.41, 5.74) is 0.292. The largest absolute Gasteiger partial charge is 0.480 e. The number of hydrogen-bond donors (Lipinski definition) is 0. The molecule has 1 aromatic rings. The maximum Gasteiger partial charge on any atom is 0.410 e. The Labute approximate surface area is 156 Å². The van der Waals surface area contributed by atoms with Crippen LogP contribution in [0, 0.1) is 0 Å². The second kappa shape index (κ2) is 6.86. The summed E-state index contributed by atoms with van der Waals surface area (Å²) in [4.78, 5) is 28.2. The van der Waals surface area contributed by atoms with Crippen LogP contribution in [0.5, 0.6) is 5.75 Å². The van der Waals surface area contributed by atoms with Crippen molar-refractivity contribution in [3.63, 3.8) is 0 Å². The van der Waals surface area contributed by atoms with E-state index < -0.39 is 5.60 Å². The average Bonchev–Trinajstić information content (AvgIpc) is 2.53. The monoisotopic (exact) mass is 410 g/mol. The van der Waals surface area contributed by atoms with Gasteiger partial charge in [-0.15, -0.1) is 0 Å². The Morgan fingerprint density at radius 1 is 1.28 bits per heavy atom. The Hall–Kier alpha value is -1.76. The van der Waals surface area contributed by atoms with E-state index in [1.807, 2.05) is 43.9 Å². The second-order valence-electron chi connectivity index (χ2n) is 7.34. The van der Waals surface area contributed by atoms with Crippen molar-refractivity contribution in [2.45, 2.75) is 45.3 Å². The van der Waals surface area contributed by atoms with E-state index in [4.69, 9.17) is 9.47 Å². The van der Waals surface area contributed by atoms with Gasteiger partial charge in [-0.25, -0.2) is 4.79 Å². The molecule has 0 aliphatic carbocycles. The number of likely N-dealkylation sites (tertiary alicyclic amines) is 1. The smallest absolute Gasteiger partial charge is 0.410 e. The van der Waals surface area contributed by atoms with Crippen LogP contribution in [-0.2, 0) is 9.53 Å². The van der Waals surface area contributed by atoms with E-state index in [-0.39, 0.29) is 24.6 Å². The first-order valence-electron chi connectivity index (χ1n) is 8.47. The van der Waals surface area contributed by atoms with Gasteiger partial charge in [0.05, 0.1) is 10.2 Å². The number of carbonyl (C=O) groups is 2. The molecule has 2 aliphatic heterocycles. The number of hydrogen-bond acceptors (Lipinski definition) is 4. The molecule has 0 radical (unpaired) electrons. The number of carbonyl (C=O) groups excluding carboxylic acids is 2. The molecule has 0 spiro atoms. The van der Waals surface area contributed by atoms with Gasteiger partial charge in [0, 0.05) is 19.1 Å². The molecule has 2 amide bonds. The number of amides is 2. The molecule has 3 rings (SSSR count). The first-order chi connectivity index (χ1) is 11.8. The van der Waals surface area contributed by atoms with Gasteiger partial charge in [-0.2, -0.15) is 0 Å². The van der Waals surface area contributed by atoms with Gasteiger partial charge >= 0.3 is 6.09 Å². The van der Waals surface area contributed by atoms with Gasteiger partial charge in [0.15, 0.2) is 12.4 Å². The van der Waals surface area contributed by atoms with E-state index in [0.29, 0.717) is 18.8 Å². The van der Waals surface area contributed by atoms with Crippen molar-refractivity contribution in [3.8, 4) is 5.75 Å². The predicted octanol–water partition coefficient (Wildman–Crippen LogP) is 3.57. The van der Waals surface area contributed by atoms with Gasteiger partial charge in [-0.05, 0) is 61.7 Å². The number of halogens is 1. The summed E-state index contributed by atoms with van der Waals surface area (Å²) in [6.07, 6.45) is 1.15. The van der Waals surface area contributed by atoms with Crippen molar-refractivity contribution in [1.82, 2.24) is 4.90 Å². The minimum Gasteiger partial charge on any atom is -0.480 e. The Morgan fingerprint density at radius 3 is 2.60 bits per heavy atom. The lowest BCUT2D eigenvalue weighted by Gasteiger charge is -2.40. The molecular formula is C18H23BrN2O4. The fraction of sp³-hybridized carbons (Fsp3) is 0.556. The molecule has 7 heteroatoms. The third kappa shape index (κ3) is 3.92. The van der Waals surface area contributed by atoms with E-state index in [1.165, 1.54) is 0 Å². The summed E-state index contributed by atoms with van der Waals surface area (Å²) < 4.78 is 11.9. The lowest BCUT2D eigenvalue weighted by Crippen LogP contribution is -2.52. The van der Waals surface area contributed by atoms with Gasteiger partial charge < -0.3 is 19.3 Å². The van der Waals surface area contributed by atoms with Gasteiger partial charge in [0.25, 0.3) is 5.91 Å². The van der Waals surface area contributed by atoms with Crippen molar-refractivity contribution in [2.75, 3.05) is 24.6 Å². The van der Waals surface area contributed by atoms with Crippen LogP contribution in [0.3, 0.4) is 0 Å². The van der Waals surface area contributed by atoms with Crippen LogP contribution in [0.1, 0.15) is 33.6 Å². The summed E-state index contributed by atoms with van der Waals surface area (Å²) in [6, 6.07) is 5.76. The highest BCUT2D eigenvalue weighted by atomic mass is 79.9. The molecule has 2 heterocycles. The third-order valence-electron chi connectivity index (χ3n) is 4.30. The maximum absolute atomic E-state index is 12.5. The van der Waals surface area contributed by atoms with Crippen LogP contribution < -0.4 is 9.64 Å². The molecule has 0 N–H and O–H groups in total. The van der Waals surface area contributed by atoms with Crippen molar-refractivity contribution in [2.24, 2.45) is 0 Å². The molecule has 0 atom stereocenters. The zero-order chi connectivity index (χ0) is 18.2. The molecule has 0 unspecified atom stereocenters. The summed E-state index contributed by atoms with van der Waals surface area (Å²) in [7, 11) is 0. The average molecular weight is 411 g/mol. The fourth-order valence-corrected chi connectivity index (χ4v) is 3.67. The van der Waals surface area contributed by atoms with Crippen molar-refractivity contribution in [1.29, 1.82) is 0 Å². The number of rotatable bonds is 1. The highest BCUT2D eigenvalue weighted by Gasteiger charge is 2.36. The standard InChI is InChI=1S/C18H23BrN2O4/c1-18(2,3)25-17(23)20-9-7-12(8-10-20)21-14-6-4-5-13(19)16(14)24-11-15(21)22/h4-6,12H,7-11H2,1-3H3. The van der Waals surface area contributed by atoms with Crippen LogP contribution in [0.15, 0.2) is 22.7 Å². The predicted molar refractivity (Wildman–Crippen MR) is 98.0 cm³/mol. The Balaban J connectivity index is 1.70. The summed E-state index contributed by atoms with van der Waals surface area (Å²) in [6.45, 7) is 6.78. The molecular weight excluding hydrogens is 388 g/mol. The summed E-state index contributed by atoms with van der Waals surface area (Å²) in [5, 5.41) is 0. The highest BCUT2D eigenvalue weighted by Crippen LogP contribution is 2.40. The first kappa shape index (κ1) is 18.0. The number of benzene rings is 1. The fourth-order valence-electron chi connectivity index (χ4n) is 3.20. The van der Waals surface area contributed by atoms with Crippen molar-refractivity contribution in [3.05, 3.63) is 22.7 Å². The zero-order valence-corrected chi connectivity index (χ0v) is 16.3. The molecule has 1 fully saturated rings. The van der Waals surface area contributed by atoms with Crippen LogP contribution in [0.25, 0.3) is 0 Å². The molecule has 1 saturated heterocycles. The van der Waals surface area contributed by atoms with E-state index in [9.17, 15) is 9.59 Å². The lowest BCUT2D eigenvalue weighted by atomic mass is 10.0. The Morgan fingerprint density at radius 2 is 1.96 bits per heavy atom. The number of fused-ring (bicyclic) bond motifs is 1. The summed E-state index contributed by atoms with van der Waals surface area (Å²) in [5.74, 6) is 0.665. The number of para-hydroxylation sites is 1. The SMILES string of the molecule is CC(C)(C)OC(=O)N1CCC(N2C(=O)COc3c(Br)cccc32)CC1. The van der Waals surface area contributed by atoms with Gasteiger partial charge in [0.2, 0.25) is 0 Å². The van der Waals surface area contributed by atoms with E-state index in [2.05, 4.69) is 15.9 Å². The quantitative estimate of drug-likeness (QED) is 0.709. The normalized spacial score (nSPS) is 18.6. The Bertz CT molecular complexity index is 678. The van der Waals surface area contributed by atoms with E-state index >= 15 is 0 Å². The number of anilines is 1. The molecule has 1 aromatic carbocycles. The van der Waals surface area contributed by atoms with Gasteiger partial charge in [-0.3, -0.25) is 4.79 Å². The van der Waals surface area contributed by atoms with Gasteiger partial charge in [0.1, 0.15) is 5.60 Å². The number of nitrogens with zero attached hydrogens (tertiary/aromatic N) is 2. The lowest BCUT2D eigenvalue weighted by molar-refractivity contribution is -0.122. The molecule has 0 saturated carbocycles. The minimum absolute atomic E-state index is 0.0404. The minimum atomic E-state index is -0.501. The zero-order valence-electron chi connectivity index (χ0n) is 14.8. The summed E-state index contributed by atoms with van der Waals surface area (Å²) >= 11 is 3.48. The maximum atomic E-state index is 12.5. The third-order valence-corrected chi connectivity index (χ3v) is 4.92. The molecule has 2 aliphatic rings. The topological polar surface area (TPSA) is 59.1 Å². The first-order valence-corrected chi connectivity index (χ1v) is 9.27. The Kier molecular flexibility index (Phi) is 4.95. The van der Waals surface area contributed by atoms with Crippen molar-refractivity contribution >= 4 is 33.6 Å².